The van der Waals surface area contributed by atoms with E-state index in [1.54, 1.807) is 0 Å². The predicted octanol–water partition coefficient (Wildman–Crippen LogP) is 5.12. The summed E-state index contributed by atoms with van der Waals surface area (Å²) < 4.78 is 39.6. The van der Waals surface area contributed by atoms with E-state index in [1.807, 2.05) is 30.3 Å². The molecule has 128 valence electrons. The third-order valence-electron chi connectivity index (χ3n) is 3.57. The number of benzene rings is 2. The topological polar surface area (TPSA) is 50.2 Å². The normalized spacial score (nSPS) is 11.5. The van der Waals surface area contributed by atoms with Crippen LogP contribution in [0, 0.1) is 0 Å². The molecule has 3 aromatic rings. The van der Waals surface area contributed by atoms with Crippen LogP contribution in [-0.2, 0) is 12.6 Å². The van der Waals surface area contributed by atoms with Gasteiger partial charge in [0, 0.05) is 12.0 Å². The van der Waals surface area contributed by atoms with E-state index < -0.39 is 17.7 Å². The first kappa shape index (κ1) is 17.2. The Morgan fingerprint density at radius 1 is 1.04 bits per heavy atom. The van der Waals surface area contributed by atoms with Gasteiger partial charge in [-0.15, -0.1) is 11.3 Å². The van der Waals surface area contributed by atoms with E-state index in [1.165, 1.54) is 18.2 Å². The van der Waals surface area contributed by atoms with Crippen LogP contribution in [0.1, 0.15) is 26.5 Å². The second-order valence-electron chi connectivity index (χ2n) is 5.31. The molecule has 25 heavy (non-hydrogen) atoms. The SMILES string of the molecule is O=C(O)c1sc(-c2ccccc2C(F)(F)F)nc1Cc1ccccc1. The molecule has 0 aliphatic rings. The van der Waals surface area contributed by atoms with E-state index in [9.17, 15) is 23.1 Å². The van der Waals surface area contributed by atoms with Crippen LogP contribution in [-0.4, -0.2) is 16.1 Å². The van der Waals surface area contributed by atoms with E-state index in [2.05, 4.69) is 4.98 Å². The number of hydrogen-bond donors (Lipinski definition) is 1. The Morgan fingerprint density at radius 2 is 1.68 bits per heavy atom. The Kier molecular flexibility index (Phi) is 4.59. The number of thiazole rings is 1. The van der Waals surface area contributed by atoms with Crippen LogP contribution < -0.4 is 0 Å². The van der Waals surface area contributed by atoms with Gasteiger partial charge in [0.1, 0.15) is 9.88 Å². The minimum absolute atomic E-state index is 0.0455. The van der Waals surface area contributed by atoms with Crippen molar-refractivity contribution in [3.05, 3.63) is 76.3 Å². The third kappa shape index (κ3) is 3.71. The predicted molar refractivity (Wildman–Crippen MR) is 88.8 cm³/mol. The van der Waals surface area contributed by atoms with Crippen molar-refractivity contribution in [3.8, 4) is 10.6 Å². The van der Waals surface area contributed by atoms with Crippen LogP contribution in [0.25, 0.3) is 10.6 Å². The van der Waals surface area contributed by atoms with Crippen molar-refractivity contribution in [3.63, 3.8) is 0 Å². The molecule has 0 bridgehead atoms. The molecule has 7 heteroatoms. The van der Waals surface area contributed by atoms with E-state index in [4.69, 9.17) is 0 Å². The number of aromatic nitrogens is 1. The minimum atomic E-state index is -4.54. The van der Waals surface area contributed by atoms with Gasteiger partial charge in [-0.3, -0.25) is 0 Å². The highest BCUT2D eigenvalue weighted by molar-refractivity contribution is 7.17. The van der Waals surface area contributed by atoms with E-state index in [0.717, 1.165) is 23.0 Å². The summed E-state index contributed by atoms with van der Waals surface area (Å²) in [5.41, 5.74) is 0.162. The summed E-state index contributed by atoms with van der Waals surface area (Å²) in [6.45, 7) is 0. The Morgan fingerprint density at radius 3 is 2.32 bits per heavy atom. The number of alkyl halides is 3. The molecule has 0 spiro atoms. The van der Waals surface area contributed by atoms with Gasteiger partial charge in [-0.25, -0.2) is 9.78 Å². The summed E-state index contributed by atoms with van der Waals surface area (Å²) in [4.78, 5) is 15.6. The van der Waals surface area contributed by atoms with Gasteiger partial charge in [0.25, 0.3) is 0 Å². The zero-order valence-electron chi connectivity index (χ0n) is 12.7. The van der Waals surface area contributed by atoms with Gasteiger partial charge < -0.3 is 5.11 Å². The fourth-order valence-electron chi connectivity index (χ4n) is 2.46. The summed E-state index contributed by atoms with van der Waals surface area (Å²) in [5.74, 6) is -1.20. The molecule has 0 atom stereocenters. The van der Waals surface area contributed by atoms with Crippen molar-refractivity contribution in [1.29, 1.82) is 0 Å². The summed E-state index contributed by atoms with van der Waals surface area (Å²) in [7, 11) is 0. The van der Waals surface area contributed by atoms with E-state index >= 15 is 0 Å². The lowest BCUT2D eigenvalue weighted by atomic mass is 10.1. The van der Waals surface area contributed by atoms with Crippen molar-refractivity contribution >= 4 is 17.3 Å². The molecule has 3 nitrogen and oxygen atoms in total. The lowest BCUT2D eigenvalue weighted by Crippen LogP contribution is -2.06. The zero-order chi connectivity index (χ0) is 18.0. The van der Waals surface area contributed by atoms with Crippen molar-refractivity contribution in [2.45, 2.75) is 12.6 Å². The number of aromatic carboxylic acids is 1. The first-order valence-corrected chi connectivity index (χ1v) is 8.11. The molecule has 3 rings (SSSR count). The Balaban J connectivity index is 2.08. The molecule has 0 aliphatic carbocycles. The number of carboxylic acids is 1. The first-order chi connectivity index (χ1) is 11.9. The smallest absolute Gasteiger partial charge is 0.417 e. The second-order valence-corrected chi connectivity index (χ2v) is 6.30. The van der Waals surface area contributed by atoms with Crippen LogP contribution in [0.15, 0.2) is 54.6 Å². The molecule has 0 unspecified atom stereocenters. The van der Waals surface area contributed by atoms with Crippen LogP contribution in [0.5, 0.6) is 0 Å². The van der Waals surface area contributed by atoms with Crippen molar-refractivity contribution in [2.24, 2.45) is 0 Å². The fraction of sp³-hybridized carbons (Fsp3) is 0.111. The molecular weight excluding hydrogens is 351 g/mol. The molecule has 1 N–H and O–H groups in total. The molecule has 0 saturated carbocycles. The van der Waals surface area contributed by atoms with Crippen LogP contribution >= 0.6 is 11.3 Å². The van der Waals surface area contributed by atoms with Gasteiger partial charge >= 0.3 is 12.1 Å². The first-order valence-electron chi connectivity index (χ1n) is 7.30. The number of halogens is 3. The number of rotatable bonds is 4. The van der Waals surface area contributed by atoms with Gasteiger partial charge in [-0.1, -0.05) is 48.5 Å². The molecule has 1 heterocycles. The summed E-state index contributed by atoms with van der Waals surface area (Å²) in [6, 6.07) is 14.1. The Labute approximate surface area is 145 Å². The molecule has 0 radical (unpaired) electrons. The summed E-state index contributed by atoms with van der Waals surface area (Å²) >= 11 is 0.760. The maximum absolute atomic E-state index is 13.2. The van der Waals surface area contributed by atoms with Crippen molar-refractivity contribution in [2.75, 3.05) is 0 Å². The van der Waals surface area contributed by atoms with Crippen LogP contribution in [0.2, 0.25) is 0 Å². The number of hydrogen-bond acceptors (Lipinski definition) is 3. The van der Waals surface area contributed by atoms with E-state index in [-0.39, 0.29) is 27.6 Å². The molecular formula is C18H12F3NO2S. The number of carboxylic acid groups (broad SMARTS) is 1. The van der Waals surface area contributed by atoms with Gasteiger partial charge in [-0.05, 0) is 11.6 Å². The molecule has 0 amide bonds. The largest absolute Gasteiger partial charge is 0.477 e. The minimum Gasteiger partial charge on any atom is -0.477 e. The van der Waals surface area contributed by atoms with Crippen molar-refractivity contribution in [1.82, 2.24) is 4.98 Å². The number of carbonyl (C=O) groups is 1. The van der Waals surface area contributed by atoms with Gasteiger partial charge in [0.2, 0.25) is 0 Å². The lowest BCUT2D eigenvalue weighted by molar-refractivity contribution is -0.137. The highest BCUT2D eigenvalue weighted by atomic mass is 32.1. The average molecular weight is 363 g/mol. The summed E-state index contributed by atoms with van der Waals surface area (Å²) in [6.07, 6.45) is -4.29. The van der Waals surface area contributed by atoms with Crippen LogP contribution in [0.3, 0.4) is 0 Å². The molecule has 0 aliphatic heterocycles. The quantitative estimate of drug-likeness (QED) is 0.700. The van der Waals surface area contributed by atoms with E-state index in [0.29, 0.717) is 0 Å². The van der Waals surface area contributed by atoms with Crippen LogP contribution in [0.4, 0.5) is 13.2 Å². The maximum atomic E-state index is 13.2. The maximum Gasteiger partial charge on any atom is 0.417 e. The summed E-state index contributed by atoms with van der Waals surface area (Å²) in [5, 5.41) is 9.43. The molecule has 0 saturated heterocycles. The van der Waals surface area contributed by atoms with Gasteiger partial charge in [-0.2, -0.15) is 13.2 Å². The molecule has 0 fully saturated rings. The highest BCUT2D eigenvalue weighted by Gasteiger charge is 2.34. The molecule has 1 aromatic heterocycles. The van der Waals surface area contributed by atoms with Gasteiger partial charge in [0.15, 0.2) is 0 Å². The highest BCUT2D eigenvalue weighted by Crippen LogP contribution is 2.39. The molecule has 2 aromatic carbocycles. The fourth-order valence-corrected chi connectivity index (χ4v) is 3.42. The average Bonchev–Trinajstić information content (AvgIpc) is 2.99. The monoisotopic (exact) mass is 363 g/mol. The second kappa shape index (κ2) is 6.68. The Hall–Kier alpha value is -2.67. The van der Waals surface area contributed by atoms with Gasteiger partial charge in [0.05, 0.1) is 11.3 Å². The number of nitrogens with zero attached hydrogens (tertiary/aromatic N) is 1. The third-order valence-corrected chi connectivity index (χ3v) is 4.69. The van der Waals surface area contributed by atoms with Crippen molar-refractivity contribution < 1.29 is 23.1 Å². The lowest BCUT2D eigenvalue weighted by Gasteiger charge is -2.10. The Bertz CT molecular complexity index is 904. The standard InChI is InChI=1S/C18H12F3NO2S/c19-18(20,21)13-9-5-4-8-12(13)16-22-14(15(25-16)17(23)24)10-11-6-2-1-3-7-11/h1-9H,10H2,(H,23,24). The zero-order valence-corrected chi connectivity index (χ0v) is 13.6.